The number of rotatable bonds is 8. The molecule has 0 spiro atoms. The molecule has 5 heteroatoms. The number of carbonyl (C=O) groups is 1. The fourth-order valence-electron chi connectivity index (χ4n) is 2.76. The predicted molar refractivity (Wildman–Crippen MR) is 95.9 cm³/mol. The number of carbonyl (C=O) groups excluding carboxylic acids is 1. The number of nitrogens with zero attached hydrogens (tertiary/aromatic N) is 1. The molecule has 1 aromatic carbocycles. The summed E-state index contributed by atoms with van der Waals surface area (Å²) in [6, 6.07) is 5.07. The van der Waals surface area contributed by atoms with E-state index in [1.807, 2.05) is 0 Å². The molecule has 1 N–H and O–H groups in total. The molecule has 130 valence electrons. The molecule has 0 aromatic heterocycles. The molecule has 0 aliphatic heterocycles. The van der Waals surface area contributed by atoms with E-state index in [-0.39, 0.29) is 5.91 Å². The van der Waals surface area contributed by atoms with Gasteiger partial charge in [-0.3, -0.25) is 4.79 Å². The van der Waals surface area contributed by atoms with E-state index < -0.39 is 0 Å². The van der Waals surface area contributed by atoms with Gasteiger partial charge < -0.3 is 9.47 Å². The molecule has 0 saturated heterocycles. The SMILES string of the molecule is CCCCCC1=CCCC1=NNC(=O)c1ccc(OC)c(OC)c1. The van der Waals surface area contributed by atoms with Crippen molar-refractivity contribution in [2.45, 2.75) is 45.4 Å². The van der Waals surface area contributed by atoms with Crippen molar-refractivity contribution in [1.29, 1.82) is 0 Å². The molecule has 0 radical (unpaired) electrons. The van der Waals surface area contributed by atoms with Gasteiger partial charge in [0.1, 0.15) is 0 Å². The first kappa shape index (κ1) is 18.0. The molecule has 0 fully saturated rings. The summed E-state index contributed by atoms with van der Waals surface area (Å²) < 4.78 is 10.4. The van der Waals surface area contributed by atoms with Gasteiger partial charge in [0.2, 0.25) is 0 Å². The molecule has 0 unspecified atom stereocenters. The summed E-state index contributed by atoms with van der Waals surface area (Å²) in [5.74, 6) is 0.874. The molecule has 1 aliphatic carbocycles. The Labute approximate surface area is 143 Å². The van der Waals surface area contributed by atoms with Gasteiger partial charge in [-0.05, 0) is 49.5 Å². The van der Waals surface area contributed by atoms with Crippen molar-refractivity contribution < 1.29 is 14.3 Å². The quantitative estimate of drug-likeness (QED) is 0.577. The third-order valence-electron chi connectivity index (χ3n) is 4.13. The largest absolute Gasteiger partial charge is 0.493 e. The Bertz CT molecular complexity index is 635. The van der Waals surface area contributed by atoms with E-state index in [4.69, 9.17) is 9.47 Å². The van der Waals surface area contributed by atoms with Crippen molar-refractivity contribution in [3.05, 3.63) is 35.4 Å². The molecular weight excluding hydrogens is 304 g/mol. The fraction of sp³-hybridized carbons (Fsp3) is 0.474. The molecule has 24 heavy (non-hydrogen) atoms. The van der Waals surface area contributed by atoms with Crippen LogP contribution in [0.5, 0.6) is 11.5 Å². The zero-order valence-electron chi connectivity index (χ0n) is 14.7. The first-order valence-corrected chi connectivity index (χ1v) is 8.48. The molecule has 0 saturated carbocycles. The van der Waals surface area contributed by atoms with Crippen LogP contribution in [0.4, 0.5) is 0 Å². The van der Waals surface area contributed by atoms with E-state index in [0.29, 0.717) is 17.1 Å². The Morgan fingerprint density at radius 1 is 1.21 bits per heavy atom. The average Bonchev–Trinajstić information content (AvgIpc) is 3.06. The Kier molecular flexibility index (Phi) is 6.85. The second-order valence-corrected chi connectivity index (χ2v) is 5.79. The number of unbranched alkanes of at least 4 members (excludes halogenated alkanes) is 2. The van der Waals surface area contributed by atoms with E-state index in [9.17, 15) is 4.79 Å². The van der Waals surface area contributed by atoms with Gasteiger partial charge in [0.05, 0.1) is 19.9 Å². The summed E-state index contributed by atoms with van der Waals surface area (Å²) >= 11 is 0. The third-order valence-corrected chi connectivity index (χ3v) is 4.13. The summed E-state index contributed by atoms with van der Waals surface area (Å²) in [7, 11) is 3.11. The van der Waals surface area contributed by atoms with E-state index in [1.165, 1.54) is 24.8 Å². The van der Waals surface area contributed by atoms with Crippen LogP contribution in [0.3, 0.4) is 0 Å². The number of amides is 1. The number of nitrogens with one attached hydrogen (secondary N) is 1. The Hall–Kier alpha value is -2.30. The number of hydrazone groups is 1. The molecule has 1 aliphatic rings. The topological polar surface area (TPSA) is 59.9 Å². The van der Waals surface area contributed by atoms with Crippen LogP contribution < -0.4 is 14.9 Å². The zero-order chi connectivity index (χ0) is 17.4. The second-order valence-electron chi connectivity index (χ2n) is 5.79. The number of hydrogen-bond acceptors (Lipinski definition) is 4. The summed E-state index contributed by atoms with van der Waals surface area (Å²) in [6.07, 6.45) is 8.78. The van der Waals surface area contributed by atoms with Gasteiger partial charge in [-0.1, -0.05) is 25.8 Å². The normalized spacial score (nSPS) is 15.3. The lowest BCUT2D eigenvalue weighted by molar-refractivity contribution is 0.0954. The lowest BCUT2D eigenvalue weighted by Crippen LogP contribution is -2.19. The Morgan fingerprint density at radius 3 is 2.71 bits per heavy atom. The van der Waals surface area contributed by atoms with Crippen LogP contribution >= 0.6 is 0 Å². The molecular formula is C19H26N2O3. The zero-order valence-corrected chi connectivity index (χ0v) is 14.7. The lowest BCUT2D eigenvalue weighted by Gasteiger charge is -2.09. The van der Waals surface area contributed by atoms with Crippen molar-refractivity contribution in [2.75, 3.05) is 14.2 Å². The van der Waals surface area contributed by atoms with Crippen LogP contribution in [0.2, 0.25) is 0 Å². The maximum atomic E-state index is 12.3. The van der Waals surface area contributed by atoms with Crippen LogP contribution in [0.25, 0.3) is 0 Å². The van der Waals surface area contributed by atoms with E-state index >= 15 is 0 Å². The van der Waals surface area contributed by atoms with E-state index in [1.54, 1.807) is 32.4 Å². The molecule has 2 rings (SSSR count). The molecule has 1 aromatic rings. The monoisotopic (exact) mass is 330 g/mol. The Balaban J connectivity index is 2.00. The van der Waals surface area contributed by atoms with Gasteiger partial charge in [-0.25, -0.2) is 5.43 Å². The molecule has 0 heterocycles. The lowest BCUT2D eigenvalue weighted by atomic mass is 10.1. The van der Waals surface area contributed by atoms with Gasteiger partial charge in [-0.15, -0.1) is 0 Å². The minimum atomic E-state index is -0.247. The highest BCUT2D eigenvalue weighted by atomic mass is 16.5. The first-order chi connectivity index (χ1) is 11.7. The Morgan fingerprint density at radius 2 is 2.00 bits per heavy atom. The van der Waals surface area contributed by atoms with Crippen LogP contribution in [-0.2, 0) is 0 Å². The molecule has 1 amide bonds. The minimum Gasteiger partial charge on any atom is -0.493 e. The fourth-order valence-corrected chi connectivity index (χ4v) is 2.76. The third kappa shape index (κ3) is 4.60. The highest BCUT2D eigenvalue weighted by Gasteiger charge is 2.15. The highest BCUT2D eigenvalue weighted by molar-refractivity contribution is 6.03. The van der Waals surface area contributed by atoms with Crippen LogP contribution in [0.1, 0.15) is 55.8 Å². The summed E-state index contributed by atoms with van der Waals surface area (Å²) in [6.45, 7) is 2.20. The molecule has 0 atom stereocenters. The summed E-state index contributed by atoms with van der Waals surface area (Å²) in [4.78, 5) is 12.3. The minimum absolute atomic E-state index is 0.247. The van der Waals surface area contributed by atoms with Gasteiger partial charge >= 0.3 is 0 Å². The van der Waals surface area contributed by atoms with Gasteiger partial charge in [-0.2, -0.15) is 5.10 Å². The average molecular weight is 330 g/mol. The van der Waals surface area contributed by atoms with Crippen LogP contribution in [-0.4, -0.2) is 25.8 Å². The molecule has 5 nitrogen and oxygen atoms in total. The number of hydrogen-bond donors (Lipinski definition) is 1. The van der Waals surface area contributed by atoms with E-state index in [2.05, 4.69) is 23.5 Å². The van der Waals surface area contributed by atoms with Gasteiger partial charge in [0.15, 0.2) is 11.5 Å². The summed E-state index contributed by atoms with van der Waals surface area (Å²) in [5, 5.41) is 4.33. The predicted octanol–water partition coefficient (Wildman–Crippen LogP) is 4.09. The van der Waals surface area contributed by atoms with Crippen molar-refractivity contribution in [1.82, 2.24) is 5.43 Å². The van der Waals surface area contributed by atoms with E-state index in [0.717, 1.165) is 25.0 Å². The van der Waals surface area contributed by atoms with Crippen molar-refractivity contribution in [2.24, 2.45) is 5.10 Å². The number of benzene rings is 1. The first-order valence-electron chi connectivity index (χ1n) is 8.48. The maximum absolute atomic E-state index is 12.3. The molecule has 0 bridgehead atoms. The highest BCUT2D eigenvalue weighted by Crippen LogP contribution is 2.27. The van der Waals surface area contributed by atoms with Gasteiger partial charge in [0, 0.05) is 5.56 Å². The number of allylic oxidation sites excluding steroid dienone is 2. The smallest absolute Gasteiger partial charge is 0.271 e. The van der Waals surface area contributed by atoms with Crippen molar-refractivity contribution in [3.63, 3.8) is 0 Å². The maximum Gasteiger partial charge on any atom is 0.271 e. The van der Waals surface area contributed by atoms with Crippen molar-refractivity contribution in [3.8, 4) is 11.5 Å². The number of methoxy groups -OCH3 is 2. The summed E-state index contributed by atoms with van der Waals surface area (Å²) in [5.41, 5.74) is 5.43. The second kappa shape index (κ2) is 9.11. The van der Waals surface area contributed by atoms with Crippen molar-refractivity contribution >= 4 is 11.6 Å². The van der Waals surface area contributed by atoms with Crippen LogP contribution in [0.15, 0.2) is 34.9 Å². The number of ether oxygens (including phenoxy) is 2. The standard InChI is InChI=1S/C19H26N2O3/c1-4-5-6-8-14-9-7-10-16(14)20-21-19(22)15-11-12-17(23-2)18(13-15)24-3/h9,11-13H,4-8,10H2,1-3H3,(H,21,22). The van der Waals surface area contributed by atoms with Gasteiger partial charge in [0.25, 0.3) is 5.91 Å². The van der Waals surface area contributed by atoms with Crippen LogP contribution in [0, 0.1) is 0 Å².